The van der Waals surface area contributed by atoms with Crippen molar-refractivity contribution in [2.24, 2.45) is 10.7 Å². The molecule has 1 atom stereocenters. The van der Waals surface area contributed by atoms with E-state index < -0.39 is 0 Å². The van der Waals surface area contributed by atoms with Crippen LogP contribution in [0.25, 0.3) is 0 Å². The molecule has 3 N–H and O–H groups in total. The molecule has 1 unspecified atom stereocenters. The first-order valence-electron chi connectivity index (χ1n) is 4.80. The Balaban J connectivity index is 2.00. The van der Waals surface area contributed by atoms with Crippen molar-refractivity contribution in [3.63, 3.8) is 0 Å². The smallest absolute Gasteiger partial charge is 0.0942 e. The van der Waals surface area contributed by atoms with E-state index in [1.807, 2.05) is 30.5 Å². The average Bonchev–Trinajstić information content (AvgIpc) is 2.29. The molecule has 0 saturated carbocycles. The third kappa shape index (κ3) is 2.61. The van der Waals surface area contributed by atoms with Gasteiger partial charge in [-0.3, -0.25) is 10.3 Å². The molecule has 2 rings (SSSR count). The maximum atomic E-state index is 5.26. The zero-order valence-electron chi connectivity index (χ0n) is 8.26. The van der Waals surface area contributed by atoms with Gasteiger partial charge in [-0.25, -0.2) is 0 Å². The third-order valence-electron chi connectivity index (χ3n) is 2.04. The monoisotopic (exact) mass is 219 g/mol. The average molecular weight is 219 g/mol. The molecule has 4 heteroatoms. The van der Waals surface area contributed by atoms with Crippen molar-refractivity contribution >= 4 is 23.7 Å². The minimum Gasteiger partial charge on any atom is -0.405 e. The predicted molar refractivity (Wildman–Crippen MR) is 65.6 cm³/mol. The molecule has 1 heterocycles. The topological polar surface area (TPSA) is 50.4 Å². The van der Waals surface area contributed by atoms with E-state index in [1.54, 1.807) is 18.0 Å². The minimum absolute atomic E-state index is 0.232. The normalized spacial score (nSPS) is 19.3. The molecule has 15 heavy (non-hydrogen) atoms. The van der Waals surface area contributed by atoms with Gasteiger partial charge in [-0.1, -0.05) is 30.0 Å². The van der Waals surface area contributed by atoms with Gasteiger partial charge in [-0.05, 0) is 18.3 Å². The molecule has 0 aliphatic carbocycles. The summed E-state index contributed by atoms with van der Waals surface area (Å²) in [4.78, 5) is 5.61. The van der Waals surface area contributed by atoms with Crippen LogP contribution in [-0.2, 0) is 0 Å². The molecule has 0 fully saturated rings. The lowest BCUT2D eigenvalue weighted by Crippen LogP contribution is -2.28. The van der Waals surface area contributed by atoms with Crippen molar-refractivity contribution in [1.82, 2.24) is 5.32 Å². The summed E-state index contributed by atoms with van der Waals surface area (Å²) in [7, 11) is 0. The van der Waals surface area contributed by atoms with Crippen molar-refractivity contribution in [2.75, 3.05) is 6.54 Å². The number of rotatable bonds is 3. The van der Waals surface area contributed by atoms with Gasteiger partial charge >= 0.3 is 0 Å². The largest absolute Gasteiger partial charge is 0.405 e. The number of nitrogens with zero attached hydrogens (tertiary/aromatic N) is 1. The van der Waals surface area contributed by atoms with Crippen LogP contribution in [0.1, 0.15) is 0 Å². The summed E-state index contributed by atoms with van der Waals surface area (Å²) in [6.45, 7) is 0.766. The minimum atomic E-state index is 0.232. The quantitative estimate of drug-likeness (QED) is 0.816. The van der Waals surface area contributed by atoms with Gasteiger partial charge in [0.05, 0.1) is 11.1 Å². The summed E-state index contributed by atoms with van der Waals surface area (Å²) in [6, 6.07) is 8.14. The molecule has 0 radical (unpaired) electrons. The summed E-state index contributed by atoms with van der Waals surface area (Å²) in [6.07, 6.45) is 5.36. The molecule has 0 bridgehead atoms. The fourth-order valence-electron chi connectivity index (χ4n) is 1.33. The van der Waals surface area contributed by atoms with Gasteiger partial charge in [0, 0.05) is 17.7 Å². The number of fused-ring (bicyclic) bond motifs is 1. The van der Waals surface area contributed by atoms with Gasteiger partial charge in [-0.15, -0.1) is 0 Å². The Bertz CT molecular complexity index is 387. The van der Waals surface area contributed by atoms with Crippen LogP contribution in [0.3, 0.4) is 0 Å². The molecule has 1 aromatic rings. The van der Waals surface area contributed by atoms with E-state index in [2.05, 4.69) is 16.4 Å². The molecule has 0 amide bonds. The molecule has 0 spiro atoms. The number of para-hydroxylation sites is 1. The molecule has 1 aromatic carbocycles. The second-order valence-electron chi connectivity index (χ2n) is 3.12. The maximum absolute atomic E-state index is 5.26. The van der Waals surface area contributed by atoms with E-state index in [4.69, 9.17) is 5.73 Å². The van der Waals surface area contributed by atoms with Gasteiger partial charge in [0.25, 0.3) is 0 Å². The predicted octanol–water partition coefficient (Wildman–Crippen LogP) is 1.88. The van der Waals surface area contributed by atoms with E-state index in [-0.39, 0.29) is 5.37 Å². The molecule has 1 aliphatic rings. The Labute approximate surface area is 93.5 Å². The second-order valence-corrected chi connectivity index (χ2v) is 4.30. The van der Waals surface area contributed by atoms with Gasteiger partial charge in [0.2, 0.25) is 0 Å². The number of hydrogen-bond donors (Lipinski definition) is 2. The summed E-state index contributed by atoms with van der Waals surface area (Å²) in [5.41, 5.74) is 6.31. The van der Waals surface area contributed by atoms with Crippen LogP contribution < -0.4 is 11.1 Å². The van der Waals surface area contributed by atoms with E-state index >= 15 is 0 Å². The van der Waals surface area contributed by atoms with Crippen LogP contribution in [0.15, 0.2) is 46.4 Å². The molecule has 3 nitrogen and oxygen atoms in total. The summed E-state index contributed by atoms with van der Waals surface area (Å²) < 4.78 is 0. The first-order valence-corrected chi connectivity index (χ1v) is 5.68. The van der Waals surface area contributed by atoms with E-state index in [0.717, 1.165) is 12.2 Å². The molecule has 78 valence electrons. The van der Waals surface area contributed by atoms with Gasteiger partial charge < -0.3 is 5.73 Å². The van der Waals surface area contributed by atoms with Crippen molar-refractivity contribution in [1.29, 1.82) is 0 Å². The second kappa shape index (κ2) is 5.00. The van der Waals surface area contributed by atoms with Crippen LogP contribution in [0.2, 0.25) is 0 Å². The van der Waals surface area contributed by atoms with Gasteiger partial charge in [0.1, 0.15) is 0 Å². The van der Waals surface area contributed by atoms with Crippen LogP contribution in [0, 0.1) is 0 Å². The molecular weight excluding hydrogens is 206 g/mol. The SMILES string of the molecule is NC=CCNC1C=Nc2ccccc2S1. The van der Waals surface area contributed by atoms with E-state index in [0.29, 0.717) is 0 Å². The zero-order valence-corrected chi connectivity index (χ0v) is 9.08. The highest BCUT2D eigenvalue weighted by molar-refractivity contribution is 8.00. The van der Waals surface area contributed by atoms with Crippen molar-refractivity contribution in [3.05, 3.63) is 36.5 Å². The van der Waals surface area contributed by atoms with Crippen LogP contribution in [0.4, 0.5) is 5.69 Å². The zero-order chi connectivity index (χ0) is 10.5. The number of aliphatic imine (C=N–C) groups is 1. The number of nitrogens with one attached hydrogen (secondary N) is 1. The maximum Gasteiger partial charge on any atom is 0.0942 e. The highest BCUT2D eigenvalue weighted by atomic mass is 32.2. The number of thioether (sulfide) groups is 1. The molecule has 1 aliphatic heterocycles. The Hall–Kier alpha value is -1.26. The van der Waals surface area contributed by atoms with Gasteiger partial charge in [0.15, 0.2) is 0 Å². The fraction of sp³-hybridized carbons (Fsp3) is 0.182. The van der Waals surface area contributed by atoms with Crippen LogP contribution >= 0.6 is 11.8 Å². The number of nitrogens with two attached hydrogens (primary N) is 1. The lowest BCUT2D eigenvalue weighted by atomic mass is 10.3. The number of benzene rings is 1. The standard InChI is InChI=1S/C11H13N3S/c12-6-3-7-13-11-8-14-9-4-1-2-5-10(9)15-11/h1-6,8,11,13H,7,12H2. The Morgan fingerprint density at radius 3 is 3.20 bits per heavy atom. The summed E-state index contributed by atoms with van der Waals surface area (Å²) in [5.74, 6) is 0. The fourth-order valence-corrected chi connectivity index (χ4v) is 2.30. The van der Waals surface area contributed by atoms with Gasteiger partial charge in [-0.2, -0.15) is 0 Å². The summed E-state index contributed by atoms with van der Waals surface area (Å²) in [5, 5.41) is 3.54. The van der Waals surface area contributed by atoms with Crippen molar-refractivity contribution < 1.29 is 0 Å². The molecular formula is C11H13N3S. The van der Waals surface area contributed by atoms with Crippen LogP contribution in [0.5, 0.6) is 0 Å². The Morgan fingerprint density at radius 1 is 1.47 bits per heavy atom. The van der Waals surface area contributed by atoms with Crippen molar-refractivity contribution in [2.45, 2.75) is 10.3 Å². The van der Waals surface area contributed by atoms with Crippen LogP contribution in [-0.4, -0.2) is 18.1 Å². The molecule has 0 saturated heterocycles. The molecule has 0 aromatic heterocycles. The number of hydrogen-bond acceptors (Lipinski definition) is 4. The Morgan fingerprint density at radius 2 is 2.33 bits per heavy atom. The van der Waals surface area contributed by atoms with Crippen molar-refractivity contribution in [3.8, 4) is 0 Å². The Kier molecular flexibility index (Phi) is 3.42. The highest BCUT2D eigenvalue weighted by Gasteiger charge is 2.13. The summed E-state index contributed by atoms with van der Waals surface area (Å²) >= 11 is 1.77. The lowest BCUT2D eigenvalue weighted by Gasteiger charge is -2.18. The first-order chi connectivity index (χ1) is 7.40. The van der Waals surface area contributed by atoms with E-state index in [9.17, 15) is 0 Å². The highest BCUT2D eigenvalue weighted by Crippen LogP contribution is 2.34. The lowest BCUT2D eigenvalue weighted by molar-refractivity contribution is 0.828. The first kappa shape index (κ1) is 10.3. The van der Waals surface area contributed by atoms with E-state index in [1.165, 1.54) is 4.90 Å². The third-order valence-corrected chi connectivity index (χ3v) is 3.18.